The molecule has 0 spiro atoms. The molecule has 0 radical (unpaired) electrons. The number of amides is 2. The van der Waals surface area contributed by atoms with Crippen LogP contribution in [0.5, 0.6) is 0 Å². The lowest BCUT2D eigenvalue weighted by Gasteiger charge is -2.36. The summed E-state index contributed by atoms with van der Waals surface area (Å²) in [5.74, 6) is -2.07. The van der Waals surface area contributed by atoms with E-state index in [1.807, 2.05) is 18.2 Å². The largest absolute Gasteiger partial charge is 0.463 e. The Labute approximate surface area is 192 Å². The van der Waals surface area contributed by atoms with Crippen LogP contribution in [-0.4, -0.2) is 47.3 Å². The normalized spacial score (nSPS) is 18.3. The lowest BCUT2D eigenvalue weighted by molar-refractivity contribution is -0.142. The Kier molecular flexibility index (Phi) is 6.58. The number of allylic oxidation sites excluding steroid dienone is 1. The zero-order valence-electron chi connectivity index (χ0n) is 18.8. The zero-order valence-corrected chi connectivity index (χ0v) is 18.8. The van der Waals surface area contributed by atoms with E-state index >= 15 is 0 Å². The number of fused-ring (bicyclic) bond motifs is 1. The summed E-state index contributed by atoms with van der Waals surface area (Å²) in [5, 5.41) is 0. The summed E-state index contributed by atoms with van der Waals surface area (Å²) >= 11 is 0. The van der Waals surface area contributed by atoms with Crippen molar-refractivity contribution in [3.8, 4) is 0 Å². The lowest BCUT2D eigenvalue weighted by Crippen LogP contribution is -2.46. The summed E-state index contributed by atoms with van der Waals surface area (Å²) in [6.45, 7) is 4.45. The molecule has 2 aliphatic heterocycles. The molecule has 4 rings (SSSR count). The smallest absolute Gasteiger partial charge is 0.336 e. The Hall–Kier alpha value is -3.48. The number of benzene rings is 2. The third-order valence-electron chi connectivity index (χ3n) is 6.35. The molecule has 7 heteroatoms. The molecule has 0 N–H and O–H groups in total. The SMILES string of the molecule is CCOC(=O)C1=C(C)N(CC(=O)N2CCc3ccccc3C2)C(=O)CC1c1cccc(F)c1. The van der Waals surface area contributed by atoms with Crippen LogP contribution in [0, 0.1) is 5.82 Å². The first-order chi connectivity index (χ1) is 15.9. The zero-order chi connectivity index (χ0) is 23.5. The van der Waals surface area contributed by atoms with Crippen LogP contribution in [0.1, 0.15) is 42.9 Å². The molecule has 1 atom stereocenters. The van der Waals surface area contributed by atoms with Gasteiger partial charge in [-0.25, -0.2) is 9.18 Å². The molecule has 2 heterocycles. The second-order valence-corrected chi connectivity index (χ2v) is 8.35. The average Bonchev–Trinajstić information content (AvgIpc) is 2.81. The fourth-order valence-electron chi connectivity index (χ4n) is 4.63. The van der Waals surface area contributed by atoms with E-state index in [1.165, 1.54) is 22.6 Å². The van der Waals surface area contributed by atoms with E-state index in [0.29, 0.717) is 29.9 Å². The van der Waals surface area contributed by atoms with Crippen LogP contribution in [0.25, 0.3) is 0 Å². The van der Waals surface area contributed by atoms with Gasteiger partial charge in [-0.1, -0.05) is 36.4 Å². The van der Waals surface area contributed by atoms with Gasteiger partial charge in [0.05, 0.1) is 12.2 Å². The van der Waals surface area contributed by atoms with Crippen LogP contribution in [0.4, 0.5) is 4.39 Å². The van der Waals surface area contributed by atoms with Crippen molar-refractivity contribution in [3.63, 3.8) is 0 Å². The highest BCUT2D eigenvalue weighted by molar-refractivity contribution is 5.97. The number of rotatable bonds is 5. The summed E-state index contributed by atoms with van der Waals surface area (Å²) in [6.07, 6.45) is 0.728. The summed E-state index contributed by atoms with van der Waals surface area (Å²) in [5.41, 5.74) is 3.54. The summed E-state index contributed by atoms with van der Waals surface area (Å²) in [7, 11) is 0. The van der Waals surface area contributed by atoms with Gasteiger partial charge in [-0.15, -0.1) is 0 Å². The highest BCUT2D eigenvalue weighted by Crippen LogP contribution is 2.37. The highest BCUT2D eigenvalue weighted by Gasteiger charge is 2.38. The van der Waals surface area contributed by atoms with Crippen LogP contribution in [0.15, 0.2) is 59.8 Å². The predicted molar refractivity (Wildman–Crippen MR) is 120 cm³/mol. The van der Waals surface area contributed by atoms with Crippen LogP contribution < -0.4 is 0 Å². The number of esters is 1. The standard InChI is InChI=1S/C26H27FN2O4/c1-3-33-26(32)25-17(2)29(23(30)14-22(25)19-9-6-10-21(27)13-19)16-24(31)28-12-11-18-7-4-5-8-20(18)15-28/h4-10,13,22H,3,11-12,14-16H2,1-2H3. The second-order valence-electron chi connectivity index (χ2n) is 8.35. The molecule has 172 valence electrons. The minimum absolute atomic E-state index is 0.0367. The van der Waals surface area contributed by atoms with E-state index < -0.39 is 17.7 Å². The van der Waals surface area contributed by atoms with Crippen LogP contribution in [0.3, 0.4) is 0 Å². The minimum atomic E-state index is -0.625. The Balaban J connectivity index is 1.61. The molecule has 0 bridgehead atoms. The molecule has 1 unspecified atom stereocenters. The van der Waals surface area contributed by atoms with Crippen LogP contribution in [0.2, 0.25) is 0 Å². The minimum Gasteiger partial charge on any atom is -0.463 e. The Morgan fingerprint density at radius 2 is 1.88 bits per heavy atom. The maximum absolute atomic E-state index is 13.9. The second kappa shape index (κ2) is 9.57. The van der Waals surface area contributed by atoms with Gasteiger partial charge >= 0.3 is 5.97 Å². The molecule has 2 aromatic carbocycles. The number of nitrogens with zero attached hydrogens (tertiary/aromatic N) is 2. The summed E-state index contributed by atoms with van der Waals surface area (Å²) < 4.78 is 19.1. The molecule has 0 saturated heterocycles. The number of ether oxygens (including phenoxy) is 1. The number of halogens is 1. The van der Waals surface area contributed by atoms with E-state index in [4.69, 9.17) is 4.74 Å². The molecule has 0 fully saturated rings. The first kappa shape index (κ1) is 22.7. The van der Waals surface area contributed by atoms with Gasteiger partial charge < -0.3 is 14.5 Å². The van der Waals surface area contributed by atoms with E-state index in [0.717, 1.165) is 12.0 Å². The van der Waals surface area contributed by atoms with Gasteiger partial charge in [0.15, 0.2) is 0 Å². The number of hydrogen-bond acceptors (Lipinski definition) is 4. The number of carbonyl (C=O) groups excluding carboxylic acids is 3. The fourth-order valence-corrected chi connectivity index (χ4v) is 4.63. The van der Waals surface area contributed by atoms with Crippen LogP contribution in [-0.2, 0) is 32.1 Å². The van der Waals surface area contributed by atoms with Gasteiger partial charge in [-0.3, -0.25) is 9.59 Å². The molecule has 33 heavy (non-hydrogen) atoms. The van der Waals surface area contributed by atoms with E-state index in [2.05, 4.69) is 6.07 Å². The molecule has 6 nitrogen and oxygen atoms in total. The average molecular weight is 451 g/mol. The van der Waals surface area contributed by atoms with Crippen molar-refractivity contribution in [1.29, 1.82) is 0 Å². The fraction of sp³-hybridized carbons (Fsp3) is 0.346. The van der Waals surface area contributed by atoms with Crippen LogP contribution >= 0.6 is 0 Å². The third kappa shape index (κ3) is 4.67. The molecule has 0 saturated carbocycles. The van der Waals surface area contributed by atoms with E-state index in [-0.39, 0.29) is 31.4 Å². The maximum atomic E-state index is 13.9. The predicted octanol–water partition coefficient (Wildman–Crippen LogP) is 3.56. The first-order valence-corrected chi connectivity index (χ1v) is 11.2. The van der Waals surface area contributed by atoms with Crippen molar-refractivity contribution < 1.29 is 23.5 Å². The van der Waals surface area contributed by atoms with Gasteiger partial charge in [-0.2, -0.15) is 0 Å². The van der Waals surface area contributed by atoms with Gasteiger partial charge in [0.2, 0.25) is 11.8 Å². The molecule has 0 aromatic heterocycles. The molecule has 2 aromatic rings. The third-order valence-corrected chi connectivity index (χ3v) is 6.35. The maximum Gasteiger partial charge on any atom is 0.336 e. The van der Waals surface area contributed by atoms with Crippen molar-refractivity contribution in [1.82, 2.24) is 9.80 Å². The van der Waals surface area contributed by atoms with Gasteiger partial charge in [0.25, 0.3) is 0 Å². The Morgan fingerprint density at radius 1 is 1.12 bits per heavy atom. The quantitative estimate of drug-likeness (QED) is 0.654. The molecular weight excluding hydrogens is 423 g/mol. The Morgan fingerprint density at radius 3 is 2.61 bits per heavy atom. The van der Waals surface area contributed by atoms with Gasteiger partial charge in [-0.05, 0) is 49.1 Å². The van der Waals surface area contributed by atoms with Crippen molar-refractivity contribution in [2.75, 3.05) is 19.7 Å². The van der Waals surface area contributed by atoms with Crippen molar-refractivity contribution in [3.05, 3.63) is 82.3 Å². The van der Waals surface area contributed by atoms with E-state index in [1.54, 1.807) is 30.9 Å². The van der Waals surface area contributed by atoms with Crippen molar-refractivity contribution >= 4 is 17.8 Å². The first-order valence-electron chi connectivity index (χ1n) is 11.2. The number of hydrogen-bond donors (Lipinski definition) is 0. The van der Waals surface area contributed by atoms with Crippen molar-refractivity contribution in [2.45, 2.75) is 39.2 Å². The van der Waals surface area contributed by atoms with Gasteiger partial charge in [0.1, 0.15) is 12.4 Å². The molecule has 2 amide bonds. The summed E-state index contributed by atoms with van der Waals surface area (Å²) in [6, 6.07) is 13.9. The topological polar surface area (TPSA) is 66.9 Å². The Bertz CT molecular complexity index is 1130. The molecular formula is C26H27FN2O4. The number of carbonyl (C=O) groups is 3. The molecule has 0 aliphatic carbocycles. The van der Waals surface area contributed by atoms with E-state index in [9.17, 15) is 18.8 Å². The highest BCUT2D eigenvalue weighted by atomic mass is 19.1. The lowest BCUT2D eigenvalue weighted by atomic mass is 9.83. The van der Waals surface area contributed by atoms with Gasteiger partial charge in [0, 0.05) is 31.1 Å². The summed E-state index contributed by atoms with van der Waals surface area (Å²) in [4.78, 5) is 42.2. The van der Waals surface area contributed by atoms with Crippen molar-refractivity contribution in [2.24, 2.45) is 0 Å². The molecule has 2 aliphatic rings. The monoisotopic (exact) mass is 450 g/mol.